The molecule has 0 radical (unpaired) electrons. The summed E-state index contributed by atoms with van der Waals surface area (Å²) >= 11 is 0. The number of nitrogens with zero attached hydrogens (tertiary/aromatic N) is 4. The first-order valence-corrected chi connectivity index (χ1v) is 7.70. The summed E-state index contributed by atoms with van der Waals surface area (Å²) in [5, 5.41) is 0. The molecule has 6 nitrogen and oxygen atoms in total. The molecule has 0 aliphatic carbocycles. The van der Waals surface area contributed by atoms with Gasteiger partial charge in [-0.25, -0.2) is 4.98 Å². The number of aryl methyl sites for hydroxylation is 1. The number of aromatic amines is 1. The summed E-state index contributed by atoms with van der Waals surface area (Å²) in [5.41, 5.74) is 4.74. The number of hydrogen-bond donors (Lipinski definition) is 1. The standard InChI is InChI=1S/C17H17N5O/c1-10-8-18-9-14-15(10)21-16(20-14)17(23)22-7-5-13-12(11(22)2)4-3-6-19-13/h3-4,6,8-9,11H,5,7H2,1-2H3,(H,20,21). The monoisotopic (exact) mass is 307 g/mol. The number of nitrogens with one attached hydrogen (secondary N) is 1. The number of rotatable bonds is 1. The van der Waals surface area contributed by atoms with Crippen LogP contribution in [-0.2, 0) is 6.42 Å². The first-order valence-electron chi connectivity index (χ1n) is 7.70. The minimum atomic E-state index is -0.0809. The lowest BCUT2D eigenvalue weighted by molar-refractivity contribution is 0.0665. The van der Waals surface area contributed by atoms with Crippen molar-refractivity contribution in [1.29, 1.82) is 0 Å². The predicted octanol–water partition coefficient (Wildman–Crippen LogP) is 2.42. The molecule has 3 aromatic rings. The quantitative estimate of drug-likeness (QED) is 0.749. The number of H-pyrrole nitrogens is 1. The lowest BCUT2D eigenvalue weighted by Crippen LogP contribution is -2.39. The van der Waals surface area contributed by atoms with Crippen molar-refractivity contribution in [2.75, 3.05) is 6.54 Å². The molecule has 0 bridgehead atoms. The average molecular weight is 307 g/mol. The smallest absolute Gasteiger partial charge is 0.290 e. The zero-order valence-electron chi connectivity index (χ0n) is 13.1. The molecule has 4 heterocycles. The van der Waals surface area contributed by atoms with Gasteiger partial charge in [0.05, 0.1) is 23.3 Å². The van der Waals surface area contributed by atoms with Gasteiger partial charge in [-0.2, -0.15) is 0 Å². The van der Waals surface area contributed by atoms with E-state index in [4.69, 9.17) is 0 Å². The number of imidazole rings is 1. The van der Waals surface area contributed by atoms with Gasteiger partial charge in [-0.15, -0.1) is 0 Å². The number of fused-ring (bicyclic) bond motifs is 2. The van der Waals surface area contributed by atoms with Crippen LogP contribution in [0.15, 0.2) is 30.7 Å². The fourth-order valence-electron chi connectivity index (χ4n) is 3.21. The SMILES string of the molecule is Cc1cncc2[nH]c(C(=O)N3CCc4ncccc4C3C)nc12. The normalized spacial score (nSPS) is 17.3. The van der Waals surface area contributed by atoms with Crippen molar-refractivity contribution >= 4 is 16.9 Å². The number of amides is 1. The zero-order chi connectivity index (χ0) is 16.0. The summed E-state index contributed by atoms with van der Waals surface area (Å²) in [6.45, 7) is 4.63. The Labute approximate surface area is 133 Å². The van der Waals surface area contributed by atoms with Crippen LogP contribution in [0.2, 0.25) is 0 Å². The van der Waals surface area contributed by atoms with Crippen molar-refractivity contribution in [2.24, 2.45) is 0 Å². The van der Waals surface area contributed by atoms with Crippen molar-refractivity contribution in [3.05, 3.63) is 53.4 Å². The number of hydrogen-bond acceptors (Lipinski definition) is 4. The second-order valence-corrected chi connectivity index (χ2v) is 5.90. The first kappa shape index (κ1) is 13.9. The van der Waals surface area contributed by atoms with Gasteiger partial charge in [0, 0.05) is 31.1 Å². The summed E-state index contributed by atoms with van der Waals surface area (Å²) in [4.78, 5) is 30.9. The Morgan fingerprint density at radius 3 is 3.09 bits per heavy atom. The molecular weight excluding hydrogens is 290 g/mol. The maximum atomic E-state index is 12.9. The highest BCUT2D eigenvalue weighted by Crippen LogP contribution is 2.29. The second kappa shape index (κ2) is 5.15. The van der Waals surface area contributed by atoms with E-state index in [0.717, 1.165) is 34.3 Å². The van der Waals surface area contributed by atoms with E-state index in [2.05, 4.69) is 19.9 Å². The summed E-state index contributed by atoms with van der Waals surface area (Å²) < 4.78 is 0. The first-order chi connectivity index (χ1) is 11.1. The highest BCUT2D eigenvalue weighted by atomic mass is 16.2. The third-order valence-corrected chi connectivity index (χ3v) is 4.47. The minimum absolute atomic E-state index is 0.00705. The molecular formula is C17H17N5O. The molecule has 0 spiro atoms. The van der Waals surface area contributed by atoms with Crippen molar-refractivity contribution in [3.8, 4) is 0 Å². The number of carbonyl (C=O) groups is 1. The van der Waals surface area contributed by atoms with E-state index in [-0.39, 0.29) is 11.9 Å². The molecule has 1 N–H and O–H groups in total. The maximum absolute atomic E-state index is 12.9. The molecule has 1 unspecified atom stereocenters. The van der Waals surface area contributed by atoms with Gasteiger partial charge >= 0.3 is 0 Å². The lowest BCUT2D eigenvalue weighted by Gasteiger charge is -2.34. The van der Waals surface area contributed by atoms with Crippen LogP contribution in [-0.4, -0.2) is 37.3 Å². The predicted molar refractivity (Wildman–Crippen MR) is 86.0 cm³/mol. The van der Waals surface area contributed by atoms with Gasteiger partial charge in [0.1, 0.15) is 0 Å². The summed E-state index contributed by atoms with van der Waals surface area (Å²) in [7, 11) is 0. The molecule has 1 amide bonds. The molecule has 0 fully saturated rings. The Morgan fingerprint density at radius 1 is 1.39 bits per heavy atom. The van der Waals surface area contributed by atoms with Gasteiger partial charge in [-0.05, 0) is 31.0 Å². The Hall–Kier alpha value is -2.76. The molecule has 1 aliphatic rings. The van der Waals surface area contributed by atoms with E-state index in [1.807, 2.05) is 30.9 Å². The zero-order valence-corrected chi connectivity index (χ0v) is 13.1. The van der Waals surface area contributed by atoms with Crippen LogP contribution in [0.25, 0.3) is 11.0 Å². The Bertz CT molecular complexity index is 901. The number of carbonyl (C=O) groups excluding carboxylic acids is 1. The Kier molecular flexibility index (Phi) is 3.11. The topological polar surface area (TPSA) is 74.8 Å². The third-order valence-electron chi connectivity index (χ3n) is 4.47. The van der Waals surface area contributed by atoms with Crippen molar-refractivity contribution in [3.63, 3.8) is 0 Å². The van der Waals surface area contributed by atoms with E-state index in [1.54, 1.807) is 18.6 Å². The minimum Gasteiger partial charge on any atom is -0.333 e. The van der Waals surface area contributed by atoms with E-state index in [9.17, 15) is 4.79 Å². The molecule has 1 atom stereocenters. The number of aromatic nitrogens is 4. The molecule has 116 valence electrons. The van der Waals surface area contributed by atoms with Crippen LogP contribution in [0.1, 0.15) is 40.4 Å². The average Bonchev–Trinajstić information content (AvgIpc) is 3.01. The van der Waals surface area contributed by atoms with E-state index >= 15 is 0 Å². The molecule has 6 heteroatoms. The maximum Gasteiger partial charge on any atom is 0.290 e. The number of pyridine rings is 2. The fraction of sp³-hybridized carbons (Fsp3) is 0.294. The van der Waals surface area contributed by atoms with Crippen LogP contribution in [0.3, 0.4) is 0 Å². The van der Waals surface area contributed by atoms with Crippen LogP contribution in [0.4, 0.5) is 0 Å². The van der Waals surface area contributed by atoms with Crippen molar-refractivity contribution in [2.45, 2.75) is 26.3 Å². The highest BCUT2D eigenvalue weighted by molar-refractivity contribution is 5.95. The molecule has 0 saturated carbocycles. The third kappa shape index (κ3) is 2.18. The van der Waals surface area contributed by atoms with Gasteiger partial charge in [-0.1, -0.05) is 6.07 Å². The lowest BCUT2D eigenvalue weighted by atomic mass is 9.98. The van der Waals surface area contributed by atoms with Gasteiger partial charge in [0.2, 0.25) is 0 Å². The fourth-order valence-corrected chi connectivity index (χ4v) is 3.21. The summed E-state index contributed by atoms with van der Waals surface area (Å²) in [6, 6.07) is 3.95. The molecule has 0 saturated heterocycles. The van der Waals surface area contributed by atoms with Gasteiger partial charge in [-0.3, -0.25) is 14.8 Å². The van der Waals surface area contributed by atoms with Gasteiger partial charge in [0.25, 0.3) is 5.91 Å². The summed E-state index contributed by atoms with van der Waals surface area (Å²) in [5.74, 6) is 0.290. The molecule has 3 aromatic heterocycles. The molecule has 0 aromatic carbocycles. The second-order valence-electron chi connectivity index (χ2n) is 5.90. The van der Waals surface area contributed by atoms with Crippen LogP contribution < -0.4 is 0 Å². The van der Waals surface area contributed by atoms with Crippen LogP contribution in [0.5, 0.6) is 0 Å². The van der Waals surface area contributed by atoms with E-state index in [1.165, 1.54) is 0 Å². The summed E-state index contributed by atoms with van der Waals surface area (Å²) in [6.07, 6.45) is 6.03. The Balaban J connectivity index is 1.70. The van der Waals surface area contributed by atoms with E-state index in [0.29, 0.717) is 12.4 Å². The van der Waals surface area contributed by atoms with Crippen LogP contribution in [0, 0.1) is 6.92 Å². The van der Waals surface area contributed by atoms with Gasteiger partial charge in [0.15, 0.2) is 5.82 Å². The molecule has 23 heavy (non-hydrogen) atoms. The van der Waals surface area contributed by atoms with E-state index < -0.39 is 0 Å². The Morgan fingerprint density at radius 2 is 2.26 bits per heavy atom. The largest absolute Gasteiger partial charge is 0.333 e. The van der Waals surface area contributed by atoms with Crippen molar-refractivity contribution in [1.82, 2.24) is 24.8 Å². The van der Waals surface area contributed by atoms with Gasteiger partial charge < -0.3 is 9.88 Å². The highest BCUT2D eigenvalue weighted by Gasteiger charge is 2.30. The van der Waals surface area contributed by atoms with Crippen LogP contribution >= 0.6 is 0 Å². The molecule has 1 aliphatic heterocycles. The van der Waals surface area contributed by atoms with Crippen molar-refractivity contribution < 1.29 is 4.79 Å². The molecule has 4 rings (SSSR count).